The number of rotatable bonds is 6. The van der Waals surface area contributed by atoms with Crippen molar-refractivity contribution in [2.45, 2.75) is 20.0 Å². The summed E-state index contributed by atoms with van der Waals surface area (Å²) in [6.07, 6.45) is -4.59. The molecule has 1 aromatic heterocycles. The molecule has 0 bridgehead atoms. The average Bonchev–Trinajstić information content (AvgIpc) is 2.35. The number of anilines is 2. The quantitative estimate of drug-likeness (QED) is 0.742. The Balaban J connectivity index is 2.93. The summed E-state index contributed by atoms with van der Waals surface area (Å²) in [4.78, 5) is 6.83. The second-order valence-corrected chi connectivity index (χ2v) is 4.16. The van der Waals surface area contributed by atoms with Gasteiger partial charge in [0.15, 0.2) is 0 Å². The van der Waals surface area contributed by atoms with Crippen molar-refractivity contribution in [2.75, 3.05) is 30.3 Å². The van der Waals surface area contributed by atoms with E-state index in [0.717, 1.165) is 0 Å². The lowest BCUT2D eigenvalue weighted by atomic mass is 10.2. The molecule has 5 nitrogen and oxygen atoms in total. The van der Waals surface area contributed by atoms with E-state index in [9.17, 15) is 13.2 Å². The molecule has 0 radical (unpaired) electrons. The van der Waals surface area contributed by atoms with Crippen molar-refractivity contribution in [2.24, 2.45) is 5.92 Å². The number of aliphatic hydroxyl groups excluding tert-OH is 1. The number of halogens is 3. The Morgan fingerprint density at radius 1 is 1.26 bits per heavy atom. The van der Waals surface area contributed by atoms with Gasteiger partial charge in [-0.1, -0.05) is 6.92 Å². The van der Waals surface area contributed by atoms with E-state index in [0.29, 0.717) is 13.1 Å². The Morgan fingerprint density at radius 3 is 2.32 bits per heavy atom. The first kappa shape index (κ1) is 15.5. The van der Waals surface area contributed by atoms with Crippen molar-refractivity contribution in [1.29, 1.82) is 0 Å². The smallest absolute Gasteiger partial charge is 0.396 e. The molecule has 8 heteroatoms. The average molecular weight is 278 g/mol. The number of nitrogens with zero attached hydrogens (tertiary/aromatic N) is 2. The highest BCUT2D eigenvalue weighted by atomic mass is 19.4. The maximum absolute atomic E-state index is 12.6. The fourth-order valence-electron chi connectivity index (χ4n) is 1.28. The van der Waals surface area contributed by atoms with Gasteiger partial charge in [-0.05, 0) is 12.8 Å². The Hall–Kier alpha value is -1.57. The monoisotopic (exact) mass is 278 g/mol. The summed E-state index contributed by atoms with van der Waals surface area (Å²) in [5, 5.41) is 14.3. The molecular weight excluding hydrogens is 261 g/mol. The maximum Gasteiger partial charge on any atom is 0.451 e. The minimum absolute atomic E-state index is 0.0513. The molecular formula is C11H17F3N4O. The highest BCUT2D eigenvalue weighted by molar-refractivity contribution is 5.47. The largest absolute Gasteiger partial charge is 0.451 e. The molecule has 108 valence electrons. The molecule has 0 saturated heterocycles. The summed E-state index contributed by atoms with van der Waals surface area (Å²) in [6.45, 7) is 4.27. The summed E-state index contributed by atoms with van der Waals surface area (Å²) in [5.74, 6) is -1.07. The van der Waals surface area contributed by atoms with Crippen molar-refractivity contribution in [3.05, 3.63) is 11.9 Å². The normalized spacial score (nSPS) is 13.2. The molecule has 3 N–H and O–H groups in total. The highest BCUT2D eigenvalue weighted by Crippen LogP contribution is 2.28. The van der Waals surface area contributed by atoms with Crippen LogP contribution in [0.2, 0.25) is 0 Å². The standard InChI is InChI=1S/C11H17F3N4O/c1-3-15-8-4-9(16-5-7(2)6-19)18-10(17-8)11(12,13)14/h4,7,19H,3,5-6H2,1-2H3,(H2,15,16,17,18). The van der Waals surface area contributed by atoms with Gasteiger partial charge in [0.2, 0.25) is 5.82 Å². The van der Waals surface area contributed by atoms with Crippen LogP contribution in [0.5, 0.6) is 0 Å². The van der Waals surface area contributed by atoms with Gasteiger partial charge in [-0.25, -0.2) is 9.97 Å². The van der Waals surface area contributed by atoms with Crippen molar-refractivity contribution in [1.82, 2.24) is 9.97 Å². The third-order valence-corrected chi connectivity index (χ3v) is 2.28. The highest BCUT2D eigenvalue weighted by Gasteiger charge is 2.35. The van der Waals surface area contributed by atoms with E-state index >= 15 is 0 Å². The van der Waals surface area contributed by atoms with Crippen LogP contribution in [0, 0.1) is 5.92 Å². The first-order chi connectivity index (χ1) is 8.86. The molecule has 0 spiro atoms. The number of aromatic nitrogens is 2. The fraction of sp³-hybridized carbons (Fsp3) is 0.636. The van der Waals surface area contributed by atoms with Gasteiger partial charge in [-0.2, -0.15) is 13.2 Å². The van der Waals surface area contributed by atoms with Gasteiger partial charge in [-0.3, -0.25) is 0 Å². The predicted octanol–water partition coefficient (Wildman–Crippen LogP) is 1.97. The molecule has 1 heterocycles. The van der Waals surface area contributed by atoms with Crippen LogP contribution in [0.25, 0.3) is 0 Å². The molecule has 0 aliphatic carbocycles. The number of hydrogen-bond acceptors (Lipinski definition) is 5. The van der Waals surface area contributed by atoms with Crippen molar-refractivity contribution < 1.29 is 18.3 Å². The van der Waals surface area contributed by atoms with Crippen LogP contribution in [0.3, 0.4) is 0 Å². The number of hydrogen-bond donors (Lipinski definition) is 3. The van der Waals surface area contributed by atoms with E-state index in [2.05, 4.69) is 20.6 Å². The minimum atomic E-state index is -4.59. The molecule has 19 heavy (non-hydrogen) atoms. The van der Waals surface area contributed by atoms with E-state index in [4.69, 9.17) is 5.11 Å². The maximum atomic E-state index is 12.6. The van der Waals surface area contributed by atoms with Crippen LogP contribution in [0.15, 0.2) is 6.07 Å². The number of nitrogens with one attached hydrogen (secondary N) is 2. The van der Waals surface area contributed by atoms with Gasteiger partial charge < -0.3 is 15.7 Å². The lowest BCUT2D eigenvalue weighted by Crippen LogP contribution is -2.18. The zero-order chi connectivity index (χ0) is 14.5. The molecule has 0 aliphatic rings. The van der Waals surface area contributed by atoms with Crippen LogP contribution in [0.4, 0.5) is 24.8 Å². The van der Waals surface area contributed by atoms with Gasteiger partial charge in [-0.15, -0.1) is 0 Å². The number of alkyl halides is 3. The lowest BCUT2D eigenvalue weighted by Gasteiger charge is -2.13. The third kappa shape index (κ3) is 4.90. The molecule has 1 unspecified atom stereocenters. The zero-order valence-corrected chi connectivity index (χ0v) is 10.8. The molecule has 1 aromatic rings. The van der Waals surface area contributed by atoms with Crippen LogP contribution >= 0.6 is 0 Å². The predicted molar refractivity (Wildman–Crippen MR) is 65.9 cm³/mol. The summed E-state index contributed by atoms with van der Waals surface area (Å²) < 4.78 is 37.9. The first-order valence-corrected chi connectivity index (χ1v) is 5.91. The summed E-state index contributed by atoms with van der Waals surface area (Å²) in [7, 11) is 0. The second kappa shape index (κ2) is 6.55. The van der Waals surface area contributed by atoms with Gasteiger partial charge in [0.25, 0.3) is 0 Å². The van der Waals surface area contributed by atoms with Gasteiger partial charge in [0, 0.05) is 25.8 Å². The zero-order valence-electron chi connectivity index (χ0n) is 10.8. The lowest BCUT2D eigenvalue weighted by molar-refractivity contribution is -0.144. The van der Waals surface area contributed by atoms with Crippen molar-refractivity contribution in [3.63, 3.8) is 0 Å². The Kier molecular flexibility index (Phi) is 5.34. The second-order valence-electron chi connectivity index (χ2n) is 4.16. The van der Waals surface area contributed by atoms with Crippen molar-refractivity contribution >= 4 is 11.6 Å². The Morgan fingerprint density at radius 2 is 1.84 bits per heavy atom. The molecule has 1 atom stereocenters. The van der Waals surface area contributed by atoms with Crippen LogP contribution < -0.4 is 10.6 Å². The summed E-state index contributed by atoms with van der Waals surface area (Å²) >= 11 is 0. The summed E-state index contributed by atoms with van der Waals surface area (Å²) in [5.41, 5.74) is 0. The molecule has 0 aliphatic heterocycles. The van der Waals surface area contributed by atoms with Crippen LogP contribution in [-0.4, -0.2) is 34.8 Å². The van der Waals surface area contributed by atoms with Crippen LogP contribution in [-0.2, 0) is 6.18 Å². The molecule has 0 fully saturated rings. The van der Waals surface area contributed by atoms with E-state index < -0.39 is 12.0 Å². The van der Waals surface area contributed by atoms with E-state index in [1.807, 2.05) is 0 Å². The Bertz CT molecular complexity index is 411. The van der Waals surface area contributed by atoms with Crippen LogP contribution in [0.1, 0.15) is 19.7 Å². The molecule has 1 rings (SSSR count). The summed E-state index contributed by atoms with van der Waals surface area (Å²) in [6, 6.07) is 1.41. The van der Waals surface area contributed by atoms with Crippen molar-refractivity contribution in [3.8, 4) is 0 Å². The van der Waals surface area contributed by atoms with Gasteiger partial charge in [0.05, 0.1) is 0 Å². The molecule has 0 amide bonds. The van der Waals surface area contributed by atoms with E-state index in [-0.39, 0.29) is 24.2 Å². The fourth-order valence-corrected chi connectivity index (χ4v) is 1.28. The van der Waals surface area contributed by atoms with Gasteiger partial charge in [0.1, 0.15) is 11.6 Å². The minimum Gasteiger partial charge on any atom is -0.396 e. The number of aliphatic hydroxyl groups is 1. The third-order valence-electron chi connectivity index (χ3n) is 2.28. The molecule has 0 aromatic carbocycles. The molecule has 0 saturated carbocycles. The van der Waals surface area contributed by atoms with Gasteiger partial charge >= 0.3 is 6.18 Å². The van der Waals surface area contributed by atoms with E-state index in [1.165, 1.54) is 6.07 Å². The van der Waals surface area contributed by atoms with E-state index in [1.54, 1.807) is 13.8 Å². The SMILES string of the molecule is CCNc1cc(NCC(C)CO)nc(C(F)(F)F)n1. The first-order valence-electron chi connectivity index (χ1n) is 5.91. The topological polar surface area (TPSA) is 70.1 Å². The Labute approximate surface area is 109 Å².